The van der Waals surface area contributed by atoms with Gasteiger partial charge in [-0.1, -0.05) is 61.2 Å². The molecule has 0 saturated carbocycles. The Morgan fingerprint density at radius 1 is 0.974 bits per heavy atom. The van der Waals surface area contributed by atoms with Crippen LogP contribution in [-0.4, -0.2) is 58.9 Å². The third-order valence-corrected chi connectivity index (χ3v) is 6.66. The van der Waals surface area contributed by atoms with Gasteiger partial charge in [-0.15, -0.1) is 0 Å². The number of amides is 3. The molecule has 2 rings (SSSR count). The maximum Gasteiger partial charge on any atom is 0.303 e. The Balaban J connectivity index is 2.31. The van der Waals surface area contributed by atoms with Crippen LogP contribution in [0.5, 0.6) is 0 Å². The van der Waals surface area contributed by atoms with Crippen LogP contribution in [0.1, 0.15) is 63.2 Å². The molecule has 0 fully saturated rings. The monoisotopic (exact) mass is 563 g/mol. The van der Waals surface area contributed by atoms with Gasteiger partial charge in [0.25, 0.3) is 5.91 Å². The number of benzene rings is 2. The Morgan fingerprint density at radius 2 is 1.66 bits per heavy atom. The summed E-state index contributed by atoms with van der Waals surface area (Å²) in [7, 11) is 0. The number of halogens is 2. The minimum Gasteiger partial charge on any atom is -0.481 e. The fraction of sp³-hybridized carbons (Fsp3) is 0.429. The maximum absolute atomic E-state index is 13.7. The van der Waals surface area contributed by atoms with E-state index in [2.05, 4.69) is 5.32 Å². The molecule has 0 saturated heterocycles. The van der Waals surface area contributed by atoms with Crippen molar-refractivity contribution in [3.05, 3.63) is 64.1 Å². The summed E-state index contributed by atoms with van der Waals surface area (Å²) in [6, 6.07) is 12.2. The van der Waals surface area contributed by atoms with Crippen molar-refractivity contribution in [2.45, 2.75) is 65.0 Å². The summed E-state index contributed by atoms with van der Waals surface area (Å²) in [5.41, 5.74) is 0.889. The van der Waals surface area contributed by atoms with E-state index in [4.69, 9.17) is 23.2 Å². The Bertz CT molecular complexity index is 1110. The fourth-order valence-corrected chi connectivity index (χ4v) is 4.30. The van der Waals surface area contributed by atoms with Crippen molar-refractivity contribution in [2.24, 2.45) is 0 Å². The first kappa shape index (κ1) is 31.1. The van der Waals surface area contributed by atoms with Gasteiger partial charge < -0.3 is 20.2 Å². The molecule has 1 atom stereocenters. The van der Waals surface area contributed by atoms with Gasteiger partial charge in [0.2, 0.25) is 11.8 Å². The molecular weight excluding hydrogens is 529 g/mol. The third-order valence-electron chi connectivity index (χ3n) is 5.92. The number of para-hydroxylation sites is 1. The first-order valence-electron chi connectivity index (χ1n) is 12.7. The van der Waals surface area contributed by atoms with Crippen LogP contribution in [0.25, 0.3) is 0 Å². The van der Waals surface area contributed by atoms with Crippen LogP contribution in [0.15, 0.2) is 48.5 Å². The molecule has 0 aliphatic rings. The third kappa shape index (κ3) is 9.33. The zero-order chi connectivity index (χ0) is 28.2. The average molecular weight is 565 g/mol. The van der Waals surface area contributed by atoms with Crippen LogP contribution in [0.4, 0.5) is 5.69 Å². The van der Waals surface area contributed by atoms with Crippen LogP contribution in [0, 0.1) is 0 Å². The number of carboxylic acids is 1. The van der Waals surface area contributed by atoms with Gasteiger partial charge in [-0.25, -0.2) is 0 Å². The normalized spacial score (nSPS) is 11.6. The van der Waals surface area contributed by atoms with Crippen LogP contribution in [0.2, 0.25) is 10.0 Å². The zero-order valence-corrected chi connectivity index (χ0v) is 23.5. The van der Waals surface area contributed by atoms with Crippen LogP contribution < -0.4 is 10.2 Å². The number of rotatable bonds is 14. The highest BCUT2D eigenvalue weighted by Crippen LogP contribution is 2.23. The van der Waals surface area contributed by atoms with Crippen LogP contribution in [0.3, 0.4) is 0 Å². The second-order valence-electron chi connectivity index (χ2n) is 9.25. The lowest BCUT2D eigenvalue weighted by molar-refractivity contribution is -0.139. The Kier molecular flexibility index (Phi) is 12.6. The Morgan fingerprint density at radius 3 is 2.24 bits per heavy atom. The molecule has 206 valence electrons. The molecule has 8 nitrogen and oxygen atoms in total. The molecule has 0 bridgehead atoms. The number of nitrogens with one attached hydrogen (secondary N) is 1. The number of hydrogen-bond donors (Lipinski definition) is 2. The summed E-state index contributed by atoms with van der Waals surface area (Å²) in [4.78, 5) is 54.5. The first-order valence-corrected chi connectivity index (χ1v) is 13.4. The molecule has 0 aliphatic carbocycles. The summed E-state index contributed by atoms with van der Waals surface area (Å²) in [5.74, 6) is -2.49. The lowest BCUT2D eigenvalue weighted by atomic mass is 10.1. The van der Waals surface area contributed by atoms with Crippen LogP contribution in [-0.2, 0) is 14.4 Å². The van der Waals surface area contributed by atoms with Gasteiger partial charge in [0.05, 0.1) is 10.0 Å². The standard InChI is InChI=1S/C28H35Cl2N3O5/c1-4-5-9-16-32(18-25(34)33(19(2)3)21-10-7-6-8-11-21)28(38)24(14-15-26(35)36)31-27(37)20-12-13-22(29)23(30)17-20/h6-8,10-13,17,19,24H,4-5,9,14-16,18H2,1-3H3,(H,31,37)(H,35,36)/t24-/m1/s1. The van der Waals surface area contributed by atoms with E-state index in [1.807, 2.05) is 51.1 Å². The molecule has 0 radical (unpaired) electrons. The van der Waals surface area contributed by atoms with E-state index in [0.717, 1.165) is 12.8 Å². The molecule has 2 aromatic rings. The molecule has 38 heavy (non-hydrogen) atoms. The summed E-state index contributed by atoms with van der Waals surface area (Å²) >= 11 is 12.0. The molecule has 0 aromatic heterocycles. The van der Waals surface area contributed by atoms with Gasteiger partial charge in [-0.05, 0) is 57.0 Å². The van der Waals surface area contributed by atoms with E-state index < -0.39 is 23.8 Å². The minimum atomic E-state index is -1.15. The second-order valence-corrected chi connectivity index (χ2v) is 10.1. The van der Waals surface area contributed by atoms with Crippen molar-refractivity contribution >= 4 is 52.6 Å². The molecule has 0 aliphatic heterocycles. The quantitative estimate of drug-likeness (QED) is 0.298. The topological polar surface area (TPSA) is 107 Å². The molecular formula is C28H35Cl2N3O5. The lowest BCUT2D eigenvalue weighted by Crippen LogP contribution is -2.52. The Hall–Kier alpha value is -3.10. The highest BCUT2D eigenvalue weighted by Gasteiger charge is 2.30. The smallest absolute Gasteiger partial charge is 0.303 e. The number of anilines is 1. The number of carbonyl (C=O) groups excluding carboxylic acids is 3. The van der Waals surface area contributed by atoms with Gasteiger partial charge in [-0.2, -0.15) is 0 Å². The number of nitrogens with zero attached hydrogens (tertiary/aromatic N) is 2. The van der Waals surface area contributed by atoms with Crippen molar-refractivity contribution in [3.8, 4) is 0 Å². The molecule has 0 unspecified atom stereocenters. The minimum absolute atomic E-state index is 0.133. The van der Waals surface area contributed by atoms with Crippen molar-refractivity contribution in [1.82, 2.24) is 10.2 Å². The predicted octanol–water partition coefficient (Wildman–Crippen LogP) is 5.42. The van der Waals surface area contributed by atoms with Gasteiger partial charge in [-0.3, -0.25) is 19.2 Å². The number of aliphatic carboxylic acids is 1. The summed E-state index contributed by atoms with van der Waals surface area (Å²) in [5, 5.41) is 12.3. The summed E-state index contributed by atoms with van der Waals surface area (Å²) < 4.78 is 0. The van der Waals surface area contributed by atoms with E-state index in [9.17, 15) is 24.3 Å². The van der Waals surface area contributed by atoms with E-state index >= 15 is 0 Å². The average Bonchev–Trinajstić information content (AvgIpc) is 2.87. The maximum atomic E-state index is 13.7. The highest BCUT2D eigenvalue weighted by molar-refractivity contribution is 6.42. The SMILES string of the molecule is CCCCCN(CC(=O)N(c1ccccc1)C(C)C)C(=O)[C@@H](CCC(=O)O)NC(=O)c1ccc(Cl)c(Cl)c1. The zero-order valence-electron chi connectivity index (χ0n) is 22.0. The van der Waals surface area contributed by atoms with Gasteiger partial charge in [0.1, 0.15) is 12.6 Å². The number of hydrogen-bond acceptors (Lipinski definition) is 4. The van der Waals surface area contributed by atoms with E-state index in [0.29, 0.717) is 18.7 Å². The number of unbranched alkanes of at least 4 members (excludes halogenated alkanes) is 2. The van der Waals surface area contributed by atoms with Crippen molar-refractivity contribution < 1.29 is 24.3 Å². The van der Waals surface area contributed by atoms with Gasteiger partial charge in [0.15, 0.2) is 0 Å². The fourth-order valence-electron chi connectivity index (χ4n) is 4.00. The molecule has 0 spiro atoms. The van der Waals surface area contributed by atoms with Crippen molar-refractivity contribution in [2.75, 3.05) is 18.0 Å². The Labute approximate surface area is 233 Å². The molecule has 3 amide bonds. The lowest BCUT2D eigenvalue weighted by Gasteiger charge is -2.32. The summed E-state index contributed by atoms with van der Waals surface area (Å²) in [6.07, 6.45) is 1.95. The second kappa shape index (κ2) is 15.3. The predicted molar refractivity (Wildman–Crippen MR) is 150 cm³/mol. The highest BCUT2D eigenvalue weighted by atomic mass is 35.5. The largest absolute Gasteiger partial charge is 0.481 e. The van der Waals surface area contributed by atoms with Gasteiger partial charge in [0, 0.05) is 30.3 Å². The number of carboxylic acid groups (broad SMARTS) is 1. The van der Waals surface area contributed by atoms with Crippen molar-refractivity contribution in [3.63, 3.8) is 0 Å². The molecule has 2 N–H and O–H groups in total. The van der Waals surface area contributed by atoms with E-state index in [1.165, 1.54) is 23.1 Å². The molecule has 10 heteroatoms. The molecule has 0 heterocycles. The molecule has 2 aromatic carbocycles. The number of carbonyl (C=O) groups is 4. The summed E-state index contributed by atoms with van der Waals surface area (Å²) in [6.45, 7) is 5.90. The van der Waals surface area contributed by atoms with E-state index in [1.54, 1.807) is 4.90 Å². The van der Waals surface area contributed by atoms with E-state index in [-0.39, 0.29) is 46.9 Å². The van der Waals surface area contributed by atoms with Gasteiger partial charge >= 0.3 is 5.97 Å². The van der Waals surface area contributed by atoms with Crippen LogP contribution >= 0.6 is 23.2 Å². The van der Waals surface area contributed by atoms with Crippen molar-refractivity contribution in [1.29, 1.82) is 0 Å². The first-order chi connectivity index (χ1) is 18.0.